The molecule has 3 rings (SSSR count). The van der Waals surface area contributed by atoms with Gasteiger partial charge < -0.3 is 10.4 Å². The lowest BCUT2D eigenvalue weighted by atomic mass is 9.95. The zero-order valence-corrected chi connectivity index (χ0v) is 9.36. The third kappa shape index (κ3) is 1.81. The summed E-state index contributed by atoms with van der Waals surface area (Å²) in [6, 6.07) is 0.817. The van der Waals surface area contributed by atoms with Crippen molar-refractivity contribution in [1.29, 1.82) is 0 Å². The van der Waals surface area contributed by atoms with Crippen LogP contribution in [0.5, 0.6) is 0 Å². The van der Waals surface area contributed by atoms with Crippen LogP contribution in [0.15, 0.2) is 0 Å². The number of hydrogen-bond acceptors (Lipinski definition) is 3. The Morgan fingerprint density at radius 2 is 1.80 bits per heavy atom. The number of nitrogens with zero attached hydrogens (tertiary/aromatic N) is 1. The molecule has 15 heavy (non-hydrogen) atoms. The van der Waals surface area contributed by atoms with Gasteiger partial charge >= 0.3 is 0 Å². The van der Waals surface area contributed by atoms with Crippen molar-refractivity contribution < 1.29 is 5.11 Å². The number of nitrogens with one attached hydrogen (secondary N) is 1. The summed E-state index contributed by atoms with van der Waals surface area (Å²) in [5.74, 6) is 1.85. The Labute approximate surface area is 91.8 Å². The molecule has 3 heteroatoms. The molecule has 2 N–H and O–H groups in total. The molecule has 3 nitrogen and oxygen atoms in total. The van der Waals surface area contributed by atoms with Gasteiger partial charge in [0, 0.05) is 19.1 Å². The minimum Gasteiger partial charge on any atom is -0.393 e. The van der Waals surface area contributed by atoms with Crippen molar-refractivity contribution in [2.24, 2.45) is 11.8 Å². The molecule has 0 amide bonds. The number of fused-ring (bicyclic) bond motifs is 1. The maximum absolute atomic E-state index is 9.52. The second-order valence-electron chi connectivity index (χ2n) is 5.49. The number of likely N-dealkylation sites (tertiary alicyclic amines) is 1. The van der Waals surface area contributed by atoms with Gasteiger partial charge in [-0.25, -0.2) is 0 Å². The highest BCUT2D eigenvalue weighted by Crippen LogP contribution is 2.38. The molecule has 2 aliphatic heterocycles. The summed E-state index contributed by atoms with van der Waals surface area (Å²) in [5, 5.41) is 13.0. The first-order valence-electron chi connectivity index (χ1n) is 6.47. The van der Waals surface area contributed by atoms with Crippen molar-refractivity contribution >= 4 is 0 Å². The van der Waals surface area contributed by atoms with E-state index < -0.39 is 0 Å². The summed E-state index contributed by atoms with van der Waals surface area (Å²) in [5.41, 5.74) is 0. The van der Waals surface area contributed by atoms with Crippen LogP contribution in [-0.4, -0.2) is 48.3 Å². The van der Waals surface area contributed by atoms with Crippen LogP contribution in [0, 0.1) is 11.8 Å². The van der Waals surface area contributed by atoms with Crippen LogP contribution in [0.2, 0.25) is 0 Å². The van der Waals surface area contributed by atoms with Gasteiger partial charge in [-0.1, -0.05) is 0 Å². The minimum atomic E-state index is -0.0276. The molecule has 2 heterocycles. The first-order chi connectivity index (χ1) is 7.34. The summed E-state index contributed by atoms with van der Waals surface area (Å²) >= 11 is 0. The van der Waals surface area contributed by atoms with E-state index >= 15 is 0 Å². The number of aliphatic hydroxyl groups is 1. The zero-order valence-electron chi connectivity index (χ0n) is 9.36. The molecule has 0 aromatic rings. The molecular formula is C12H22N2O. The fraction of sp³-hybridized carbons (Fsp3) is 1.00. The van der Waals surface area contributed by atoms with E-state index in [1.807, 2.05) is 0 Å². The third-order valence-corrected chi connectivity index (χ3v) is 4.69. The van der Waals surface area contributed by atoms with Gasteiger partial charge in [-0.15, -0.1) is 0 Å². The molecule has 3 atom stereocenters. The fourth-order valence-corrected chi connectivity index (χ4v) is 3.79. The van der Waals surface area contributed by atoms with Gasteiger partial charge in [0.2, 0.25) is 0 Å². The van der Waals surface area contributed by atoms with Gasteiger partial charge in [-0.2, -0.15) is 0 Å². The Bertz CT molecular complexity index is 226. The van der Waals surface area contributed by atoms with Crippen molar-refractivity contribution in [2.75, 3.05) is 26.2 Å². The molecule has 3 aliphatic rings. The van der Waals surface area contributed by atoms with Gasteiger partial charge in [0.25, 0.3) is 0 Å². The molecule has 0 bridgehead atoms. The summed E-state index contributed by atoms with van der Waals surface area (Å²) in [4.78, 5) is 2.64. The van der Waals surface area contributed by atoms with E-state index in [1.165, 1.54) is 25.9 Å². The molecular weight excluding hydrogens is 188 g/mol. The van der Waals surface area contributed by atoms with Crippen LogP contribution < -0.4 is 5.32 Å². The highest BCUT2D eigenvalue weighted by Gasteiger charge is 2.42. The second-order valence-corrected chi connectivity index (χ2v) is 5.49. The van der Waals surface area contributed by atoms with E-state index in [2.05, 4.69) is 10.2 Å². The van der Waals surface area contributed by atoms with E-state index in [9.17, 15) is 5.11 Å². The zero-order chi connectivity index (χ0) is 10.3. The highest BCUT2D eigenvalue weighted by molar-refractivity contribution is 4.97. The Balaban J connectivity index is 1.62. The molecule has 0 aromatic heterocycles. The third-order valence-electron chi connectivity index (χ3n) is 4.69. The Morgan fingerprint density at radius 3 is 2.60 bits per heavy atom. The maximum atomic E-state index is 9.52. The summed E-state index contributed by atoms with van der Waals surface area (Å²) in [6.45, 7) is 4.72. The summed E-state index contributed by atoms with van der Waals surface area (Å²) < 4.78 is 0. The van der Waals surface area contributed by atoms with Gasteiger partial charge in [-0.3, -0.25) is 4.90 Å². The van der Waals surface area contributed by atoms with Crippen LogP contribution in [-0.2, 0) is 0 Å². The van der Waals surface area contributed by atoms with Crippen molar-refractivity contribution in [1.82, 2.24) is 10.2 Å². The van der Waals surface area contributed by atoms with Gasteiger partial charge in [0.15, 0.2) is 0 Å². The molecule has 0 unspecified atom stereocenters. The topological polar surface area (TPSA) is 35.5 Å². The normalized spacial score (nSPS) is 43.4. The van der Waals surface area contributed by atoms with E-state index in [0.29, 0.717) is 0 Å². The molecule has 2 saturated heterocycles. The van der Waals surface area contributed by atoms with Crippen molar-refractivity contribution in [3.05, 3.63) is 0 Å². The lowest BCUT2D eigenvalue weighted by molar-refractivity contribution is 0.0505. The van der Waals surface area contributed by atoms with Gasteiger partial charge in [0.1, 0.15) is 0 Å². The average Bonchev–Trinajstić information content (AvgIpc) is 2.80. The molecule has 0 spiro atoms. The maximum Gasteiger partial charge on any atom is 0.0564 e. The van der Waals surface area contributed by atoms with Crippen LogP contribution in [0.4, 0.5) is 0 Å². The summed E-state index contributed by atoms with van der Waals surface area (Å²) in [7, 11) is 0. The number of hydrogen-bond donors (Lipinski definition) is 2. The van der Waals surface area contributed by atoms with Gasteiger partial charge in [0.05, 0.1) is 6.10 Å². The van der Waals surface area contributed by atoms with E-state index in [-0.39, 0.29) is 6.10 Å². The van der Waals surface area contributed by atoms with Crippen molar-refractivity contribution in [3.63, 3.8) is 0 Å². The fourth-order valence-electron chi connectivity index (χ4n) is 3.79. The van der Waals surface area contributed by atoms with Gasteiger partial charge in [-0.05, 0) is 50.6 Å². The van der Waals surface area contributed by atoms with Crippen molar-refractivity contribution in [2.45, 2.75) is 37.8 Å². The van der Waals surface area contributed by atoms with Crippen LogP contribution >= 0.6 is 0 Å². The molecule has 86 valence electrons. The van der Waals surface area contributed by atoms with E-state index in [1.54, 1.807) is 0 Å². The predicted molar refractivity (Wildman–Crippen MR) is 59.7 cm³/mol. The number of rotatable bonds is 1. The average molecular weight is 210 g/mol. The molecule has 3 fully saturated rings. The quantitative estimate of drug-likeness (QED) is 0.659. The molecule has 0 aromatic carbocycles. The van der Waals surface area contributed by atoms with Crippen LogP contribution in [0.25, 0.3) is 0 Å². The van der Waals surface area contributed by atoms with Crippen LogP contribution in [0.3, 0.4) is 0 Å². The molecule has 1 saturated carbocycles. The minimum absolute atomic E-state index is 0.0276. The Kier molecular flexibility index (Phi) is 2.71. The second kappa shape index (κ2) is 4.04. The number of aliphatic hydroxyl groups excluding tert-OH is 1. The van der Waals surface area contributed by atoms with E-state index in [0.717, 1.165) is 43.8 Å². The smallest absolute Gasteiger partial charge is 0.0564 e. The van der Waals surface area contributed by atoms with E-state index in [4.69, 9.17) is 0 Å². The monoisotopic (exact) mass is 210 g/mol. The lowest BCUT2D eigenvalue weighted by Crippen LogP contribution is -2.45. The first kappa shape index (κ1) is 10.1. The standard InChI is InChI=1S/C12H22N2O/c15-10-3-5-14(6-4-10)12-2-1-9-7-13-8-11(9)12/h9-13,15H,1-8H2/t9-,11-,12-/m1/s1. The van der Waals surface area contributed by atoms with Crippen LogP contribution in [0.1, 0.15) is 25.7 Å². The number of piperidine rings is 1. The molecule has 1 aliphatic carbocycles. The predicted octanol–water partition coefficient (Wildman–Crippen LogP) is 0.441. The lowest BCUT2D eigenvalue weighted by Gasteiger charge is -2.37. The largest absolute Gasteiger partial charge is 0.393 e. The highest BCUT2D eigenvalue weighted by atomic mass is 16.3. The van der Waals surface area contributed by atoms with Crippen molar-refractivity contribution in [3.8, 4) is 0 Å². The first-order valence-corrected chi connectivity index (χ1v) is 6.47. The SMILES string of the molecule is OC1CCN([C@@H]2CC[C@@H]3CNC[C@H]32)CC1. The summed E-state index contributed by atoms with van der Waals surface area (Å²) in [6.07, 6.45) is 4.76. The Hall–Kier alpha value is -0.120. The Morgan fingerprint density at radius 1 is 1.00 bits per heavy atom. The molecule has 0 radical (unpaired) electrons.